The van der Waals surface area contributed by atoms with E-state index >= 15 is 0 Å². The Hall–Kier alpha value is -0.860. The molecule has 2 aromatic rings. The van der Waals surface area contributed by atoms with Crippen LogP contribution in [0.4, 0.5) is 4.39 Å². The van der Waals surface area contributed by atoms with Crippen molar-refractivity contribution in [3.63, 3.8) is 0 Å². The topological polar surface area (TPSA) is 0 Å². The van der Waals surface area contributed by atoms with Crippen molar-refractivity contribution in [1.29, 1.82) is 0 Å². The van der Waals surface area contributed by atoms with Crippen LogP contribution in [-0.2, 0) is 6.42 Å². The van der Waals surface area contributed by atoms with Gasteiger partial charge in [-0.1, -0.05) is 51.8 Å². The van der Waals surface area contributed by atoms with Crippen molar-refractivity contribution in [2.75, 3.05) is 0 Å². The number of aryl methyl sites for hydroxylation is 1. The smallest absolute Gasteiger partial charge is 0.129 e. The van der Waals surface area contributed by atoms with E-state index in [1.54, 1.807) is 6.07 Å². The minimum Gasteiger partial charge on any atom is -0.207 e. The van der Waals surface area contributed by atoms with Crippen molar-refractivity contribution in [2.24, 2.45) is 0 Å². The molecule has 1 unspecified atom stereocenters. The highest BCUT2D eigenvalue weighted by Gasteiger charge is 2.13. The van der Waals surface area contributed by atoms with Gasteiger partial charge in [-0.25, -0.2) is 4.39 Å². The van der Waals surface area contributed by atoms with Crippen LogP contribution in [0.3, 0.4) is 0 Å². The molecule has 1 atom stereocenters. The number of rotatable bonds is 3. The van der Waals surface area contributed by atoms with Gasteiger partial charge in [0, 0.05) is 10.0 Å². The molecule has 0 radical (unpaired) electrons. The van der Waals surface area contributed by atoms with Crippen LogP contribution < -0.4 is 0 Å². The fourth-order valence-corrected chi connectivity index (χ4v) is 2.48. The van der Waals surface area contributed by atoms with Crippen molar-refractivity contribution in [3.8, 4) is 0 Å². The van der Waals surface area contributed by atoms with Gasteiger partial charge < -0.3 is 0 Å². The molecule has 0 aliphatic rings. The van der Waals surface area contributed by atoms with Crippen LogP contribution in [0, 0.1) is 12.7 Å². The second kappa shape index (κ2) is 5.85. The fraction of sp³-hybridized carbons (Fsp3) is 0.200. The van der Waals surface area contributed by atoms with Gasteiger partial charge >= 0.3 is 0 Å². The standard InChI is InChI=1S/C15H13BrClF/c1-10-2-4-11(5-3-10)8-14(17)13-7-6-12(16)9-15(13)18/h2-7,9,14H,8H2,1H3. The van der Waals surface area contributed by atoms with Crippen molar-refractivity contribution >= 4 is 27.5 Å². The number of halogens is 3. The second-order valence-corrected chi connectivity index (χ2v) is 5.77. The number of benzene rings is 2. The van der Waals surface area contributed by atoms with Gasteiger partial charge in [0.05, 0.1) is 5.38 Å². The van der Waals surface area contributed by atoms with Crippen molar-refractivity contribution in [1.82, 2.24) is 0 Å². The summed E-state index contributed by atoms with van der Waals surface area (Å²) in [7, 11) is 0. The van der Waals surface area contributed by atoms with Crippen LogP contribution in [0.1, 0.15) is 22.1 Å². The van der Waals surface area contributed by atoms with Crippen LogP contribution in [0.15, 0.2) is 46.9 Å². The molecule has 18 heavy (non-hydrogen) atoms. The zero-order chi connectivity index (χ0) is 13.1. The summed E-state index contributed by atoms with van der Waals surface area (Å²) in [5, 5.41) is -0.346. The van der Waals surface area contributed by atoms with E-state index in [2.05, 4.69) is 15.9 Å². The van der Waals surface area contributed by atoms with Gasteiger partial charge in [-0.05, 0) is 31.0 Å². The summed E-state index contributed by atoms with van der Waals surface area (Å²) in [5.74, 6) is -0.267. The molecule has 0 N–H and O–H groups in total. The van der Waals surface area contributed by atoms with E-state index < -0.39 is 0 Å². The molecule has 94 valence electrons. The highest BCUT2D eigenvalue weighted by atomic mass is 79.9. The van der Waals surface area contributed by atoms with E-state index in [9.17, 15) is 4.39 Å². The first kappa shape index (κ1) is 13.6. The molecular weight excluding hydrogens is 315 g/mol. The third-order valence-corrected chi connectivity index (χ3v) is 3.72. The molecule has 0 heterocycles. The minimum atomic E-state index is -0.346. The Bertz CT molecular complexity index is 537. The first-order chi connectivity index (χ1) is 8.56. The highest BCUT2D eigenvalue weighted by Crippen LogP contribution is 2.28. The zero-order valence-corrected chi connectivity index (χ0v) is 12.3. The van der Waals surface area contributed by atoms with E-state index in [4.69, 9.17) is 11.6 Å². The van der Waals surface area contributed by atoms with Gasteiger partial charge in [-0.15, -0.1) is 11.6 Å². The van der Waals surface area contributed by atoms with Crippen LogP contribution in [0.25, 0.3) is 0 Å². The molecule has 0 aliphatic heterocycles. The summed E-state index contributed by atoms with van der Waals surface area (Å²) in [5.41, 5.74) is 2.86. The summed E-state index contributed by atoms with van der Waals surface area (Å²) in [4.78, 5) is 0. The summed E-state index contributed by atoms with van der Waals surface area (Å²) in [6.07, 6.45) is 0.625. The lowest BCUT2D eigenvalue weighted by atomic mass is 10.0. The van der Waals surface area contributed by atoms with Gasteiger partial charge in [-0.3, -0.25) is 0 Å². The predicted molar refractivity (Wildman–Crippen MR) is 77.6 cm³/mol. The molecule has 3 heteroatoms. The maximum Gasteiger partial charge on any atom is 0.129 e. The van der Waals surface area contributed by atoms with Crippen LogP contribution in [0.5, 0.6) is 0 Å². The number of alkyl halides is 1. The lowest BCUT2D eigenvalue weighted by molar-refractivity contribution is 0.605. The average Bonchev–Trinajstić information content (AvgIpc) is 2.32. The molecule has 0 amide bonds. The molecule has 0 bridgehead atoms. The Morgan fingerprint density at radius 2 is 1.83 bits per heavy atom. The SMILES string of the molecule is Cc1ccc(CC(Cl)c2ccc(Br)cc2F)cc1. The molecular formula is C15H13BrClF. The summed E-state index contributed by atoms with van der Waals surface area (Å²) < 4.78 is 14.5. The van der Waals surface area contributed by atoms with E-state index in [0.717, 1.165) is 10.0 Å². The molecule has 0 aliphatic carbocycles. The van der Waals surface area contributed by atoms with Crippen molar-refractivity contribution in [2.45, 2.75) is 18.7 Å². The zero-order valence-electron chi connectivity index (χ0n) is 9.96. The average molecular weight is 328 g/mol. The Balaban J connectivity index is 2.16. The number of hydrogen-bond donors (Lipinski definition) is 0. The second-order valence-electron chi connectivity index (χ2n) is 4.32. The third-order valence-electron chi connectivity index (χ3n) is 2.84. The Labute approximate surface area is 120 Å². The van der Waals surface area contributed by atoms with Gasteiger partial charge in [0.1, 0.15) is 5.82 Å². The van der Waals surface area contributed by atoms with E-state index in [1.165, 1.54) is 11.6 Å². The maximum absolute atomic E-state index is 13.8. The molecule has 0 saturated carbocycles. The normalized spacial score (nSPS) is 12.4. The van der Waals surface area contributed by atoms with Gasteiger partial charge in [0.15, 0.2) is 0 Å². The predicted octanol–water partition coefficient (Wildman–Crippen LogP) is 5.42. The lowest BCUT2D eigenvalue weighted by Crippen LogP contribution is -1.99. The Morgan fingerprint density at radius 1 is 1.17 bits per heavy atom. The van der Waals surface area contributed by atoms with E-state index in [-0.39, 0.29) is 11.2 Å². The minimum absolute atomic E-state index is 0.267. The molecule has 0 nitrogen and oxygen atoms in total. The van der Waals surface area contributed by atoms with Gasteiger partial charge in [0.2, 0.25) is 0 Å². The van der Waals surface area contributed by atoms with Crippen LogP contribution in [0.2, 0.25) is 0 Å². The largest absolute Gasteiger partial charge is 0.207 e. The lowest BCUT2D eigenvalue weighted by Gasteiger charge is -2.11. The van der Waals surface area contributed by atoms with Gasteiger partial charge in [-0.2, -0.15) is 0 Å². The van der Waals surface area contributed by atoms with Crippen LogP contribution in [-0.4, -0.2) is 0 Å². The molecule has 0 fully saturated rings. The maximum atomic E-state index is 13.8. The fourth-order valence-electron chi connectivity index (χ4n) is 1.80. The summed E-state index contributed by atoms with van der Waals surface area (Å²) in [6.45, 7) is 2.04. The molecule has 0 aromatic heterocycles. The van der Waals surface area contributed by atoms with Crippen molar-refractivity contribution in [3.05, 3.63) is 69.4 Å². The molecule has 0 spiro atoms. The molecule has 2 aromatic carbocycles. The third kappa shape index (κ3) is 3.33. The van der Waals surface area contributed by atoms with Crippen LogP contribution >= 0.6 is 27.5 Å². The monoisotopic (exact) mass is 326 g/mol. The van der Waals surface area contributed by atoms with Crippen molar-refractivity contribution < 1.29 is 4.39 Å². The molecule has 2 rings (SSSR count). The van der Waals surface area contributed by atoms with E-state index in [1.807, 2.05) is 37.3 Å². The number of hydrogen-bond acceptors (Lipinski definition) is 0. The Morgan fingerprint density at radius 3 is 2.44 bits per heavy atom. The quantitative estimate of drug-likeness (QED) is 0.660. The Kier molecular flexibility index (Phi) is 4.41. The summed E-state index contributed by atoms with van der Waals surface area (Å²) in [6, 6.07) is 13.1. The van der Waals surface area contributed by atoms with Gasteiger partial charge in [0.25, 0.3) is 0 Å². The highest BCUT2D eigenvalue weighted by molar-refractivity contribution is 9.10. The first-order valence-electron chi connectivity index (χ1n) is 5.71. The molecule has 0 saturated heterocycles. The summed E-state index contributed by atoms with van der Waals surface area (Å²) >= 11 is 9.52. The van der Waals surface area contributed by atoms with E-state index in [0.29, 0.717) is 12.0 Å². The first-order valence-corrected chi connectivity index (χ1v) is 6.94.